The molecule has 0 aromatic heterocycles. The molecule has 0 fully saturated rings. The second-order valence-corrected chi connectivity index (χ2v) is 0. The van der Waals surface area contributed by atoms with Crippen LogP contribution in [-0.4, -0.2) is 5.48 Å². The van der Waals surface area contributed by atoms with Crippen LogP contribution < -0.4 is 0 Å². The van der Waals surface area contributed by atoms with Crippen LogP contribution in [0, 0.1) is 0 Å². The van der Waals surface area contributed by atoms with Crippen LogP contribution in [0.25, 0.3) is 0 Å². The van der Waals surface area contributed by atoms with Crippen LogP contribution in [0.3, 0.4) is 0 Å². The molecule has 0 unspecified atom stereocenters. The van der Waals surface area contributed by atoms with E-state index >= 15 is 0 Å². The van der Waals surface area contributed by atoms with Gasteiger partial charge < -0.3 is 5.48 Å². The maximum atomic E-state index is 0. The van der Waals surface area contributed by atoms with Crippen LogP contribution in [0.2, 0.25) is 0 Å². The first-order valence-corrected chi connectivity index (χ1v) is 0. The summed E-state index contributed by atoms with van der Waals surface area (Å²) in [7, 11) is 0. The fourth-order valence-electron chi connectivity index (χ4n) is 0. The largest absolute Gasteiger partial charge is 0.412 e. The SMILES string of the molecule is O.[Cu].[Mn].[Zn]. The molecule has 0 aliphatic heterocycles. The summed E-state index contributed by atoms with van der Waals surface area (Å²) in [5, 5.41) is 0. The maximum absolute atomic E-state index is 0. The summed E-state index contributed by atoms with van der Waals surface area (Å²) in [5.41, 5.74) is 0. The van der Waals surface area contributed by atoms with Crippen molar-refractivity contribution in [1.82, 2.24) is 0 Å². The summed E-state index contributed by atoms with van der Waals surface area (Å²) in [4.78, 5) is 0. The first-order chi connectivity index (χ1) is 0. The zero-order chi connectivity index (χ0) is 0. The molecular formula is H2CuMnOZn. The standard InChI is InChI=1S/Cu.Mn.H2O.Zn/h;;1H2;. The quantitative estimate of drug-likeness (QED) is 0.459. The zero-order valence-electron chi connectivity index (χ0n) is 1.89. The van der Waals surface area contributed by atoms with Gasteiger partial charge in [-0.3, -0.25) is 0 Å². The average molecular weight is 202 g/mol. The molecule has 0 bridgehead atoms. The van der Waals surface area contributed by atoms with Crippen LogP contribution in [-0.2, 0) is 53.6 Å². The Morgan fingerprint density at radius 2 is 1.00 bits per heavy atom. The van der Waals surface area contributed by atoms with Crippen molar-refractivity contribution in [3.05, 3.63) is 0 Å². The molecule has 0 aromatic carbocycles. The Hall–Kier alpha value is 1.62. The Labute approximate surface area is 58.9 Å². The molecule has 0 rings (SSSR count). The summed E-state index contributed by atoms with van der Waals surface area (Å²) in [5.74, 6) is 0. The number of hydrogen-bond donors (Lipinski definition) is 0. The van der Waals surface area contributed by atoms with Crippen molar-refractivity contribution in [3.63, 3.8) is 0 Å². The normalized spacial score (nSPS) is 0. The molecule has 4 heavy (non-hydrogen) atoms. The van der Waals surface area contributed by atoms with Gasteiger partial charge in [0.1, 0.15) is 0 Å². The van der Waals surface area contributed by atoms with Crippen LogP contribution in [0.1, 0.15) is 0 Å². The van der Waals surface area contributed by atoms with Gasteiger partial charge in [0.2, 0.25) is 0 Å². The monoisotopic (exact) mass is 200 g/mol. The van der Waals surface area contributed by atoms with Gasteiger partial charge in [0.25, 0.3) is 0 Å². The third kappa shape index (κ3) is 9.46. The predicted molar refractivity (Wildman–Crippen MR) is 3.61 cm³/mol. The van der Waals surface area contributed by atoms with Crippen molar-refractivity contribution >= 4 is 0 Å². The molecule has 2 radical (unpaired) electrons. The van der Waals surface area contributed by atoms with E-state index in [0.29, 0.717) is 0 Å². The maximum Gasteiger partial charge on any atom is 0 e. The fraction of sp³-hybridized carbons (Fsp3) is 0. The topological polar surface area (TPSA) is 31.5 Å². The van der Waals surface area contributed by atoms with Gasteiger partial charge in [-0.1, -0.05) is 0 Å². The molecule has 0 aromatic rings. The smallest absolute Gasteiger partial charge is 0 e. The van der Waals surface area contributed by atoms with E-state index in [0.717, 1.165) is 0 Å². The molecule has 0 aliphatic carbocycles. The van der Waals surface area contributed by atoms with Gasteiger partial charge >= 0.3 is 0 Å². The Balaban J connectivity index is 0. The molecule has 0 amide bonds. The summed E-state index contributed by atoms with van der Waals surface area (Å²) < 4.78 is 0. The van der Waals surface area contributed by atoms with E-state index in [1.807, 2.05) is 0 Å². The third-order valence-corrected chi connectivity index (χ3v) is 0. The van der Waals surface area contributed by atoms with E-state index in [9.17, 15) is 0 Å². The van der Waals surface area contributed by atoms with Crippen LogP contribution in [0.5, 0.6) is 0 Å². The zero-order valence-corrected chi connectivity index (χ0v) is 6.98. The minimum Gasteiger partial charge on any atom is -0.412 e. The van der Waals surface area contributed by atoms with E-state index in [1.165, 1.54) is 0 Å². The molecule has 28 valence electrons. The van der Waals surface area contributed by atoms with E-state index in [1.54, 1.807) is 0 Å². The minimum absolute atomic E-state index is 0. The summed E-state index contributed by atoms with van der Waals surface area (Å²) >= 11 is 0. The van der Waals surface area contributed by atoms with Crippen molar-refractivity contribution in [2.45, 2.75) is 0 Å². The van der Waals surface area contributed by atoms with E-state index in [4.69, 9.17) is 0 Å². The van der Waals surface area contributed by atoms with E-state index in [-0.39, 0.29) is 59.1 Å². The van der Waals surface area contributed by atoms with Gasteiger partial charge in [-0.25, -0.2) is 0 Å². The molecule has 0 saturated carbocycles. The van der Waals surface area contributed by atoms with E-state index < -0.39 is 0 Å². The molecule has 0 heterocycles. The minimum atomic E-state index is 0. The van der Waals surface area contributed by atoms with Crippen molar-refractivity contribution in [2.75, 3.05) is 0 Å². The van der Waals surface area contributed by atoms with Gasteiger partial charge in [0.05, 0.1) is 0 Å². The van der Waals surface area contributed by atoms with E-state index in [2.05, 4.69) is 0 Å². The second-order valence-electron chi connectivity index (χ2n) is 0. The number of hydrogen-bond acceptors (Lipinski definition) is 0. The summed E-state index contributed by atoms with van der Waals surface area (Å²) in [6, 6.07) is 0. The molecule has 4 heteroatoms. The first kappa shape index (κ1) is 45.6. The molecule has 0 aliphatic rings. The summed E-state index contributed by atoms with van der Waals surface area (Å²) in [6.45, 7) is 0. The first-order valence-electron chi connectivity index (χ1n) is 0. The average Bonchev–Trinajstić information content (AvgIpc) is 0. The second kappa shape index (κ2) is 23.0. The Morgan fingerprint density at radius 1 is 1.00 bits per heavy atom. The third-order valence-electron chi connectivity index (χ3n) is 0. The molecule has 0 atom stereocenters. The van der Waals surface area contributed by atoms with Crippen molar-refractivity contribution in [1.29, 1.82) is 0 Å². The van der Waals surface area contributed by atoms with Crippen molar-refractivity contribution in [2.24, 2.45) is 0 Å². The van der Waals surface area contributed by atoms with Gasteiger partial charge in [0.15, 0.2) is 0 Å². The van der Waals surface area contributed by atoms with Crippen LogP contribution >= 0.6 is 0 Å². The van der Waals surface area contributed by atoms with Gasteiger partial charge in [-0.2, -0.15) is 0 Å². The molecule has 0 spiro atoms. The molecule has 2 N–H and O–H groups in total. The van der Waals surface area contributed by atoms with Crippen LogP contribution in [0.15, 0.2) is 0 Å². The molecular weight excluding hydrogens is 200 g/mol. The van der Waals surface area contributed by atoms with Gasteiger partial charge in [0, 0.05) is 53.6 Å². The fourth-order valence-corrected chi connectivity index (χ4v) is 0. The predicted octanol–water partition coefficient (Wildman–Crippen LogP) is -0.832. The van der Waals surface area contributed by atoms with Crippen molar-refractivity contribution in [3.8, 4) is 0 Å². The van der Waals surface area contributed by atoms with Gasteiger partial charge in [-0.15, -0.1) is 0 Å². The Morgan fingerprint density at radius 3 is 1.00 bits per heavy atom. The molecule has 0 saturated heterocycles. The summed E-state index contributed by atoms with van der Waals surface area (Å²) in [6.07, 6.45) is 0. The Kier molecular flexibility index (Phi) is 263. The van der Waals surface area contributed by atoms with Crippen molar-refractivity contribution < 1.29 is 59.1 Å². The number of rotatable bonds is 0. The molecule has 1 nitrogen and oxygen atoms in total. The van der Waals surface area contributed by atoms with Gasteiger partial charge in [-0.05, 0) is 0 Å². The van der Waals surface area contributed by atoms with Crippen LogP contribution in [0.4, 0.5) is 0 Å². The Bertz CT molecular complexity index is 8.00.